The molecule has 0 atom stereocenters. The number of benzene rings is 3. The Labute approximate surface area is 176 Å². The Morgan fingerprint density at radius 2 is 1.47 bits per heavy atom. The number of hydrogen-bond acceptors (Lipinski definition) is 4. The van der Waals surface area contributed by atoms with Crippen LogP contribution in [-0.4, -0.2) is 22.5 Å². The molecule has 0 aliphatic heterocycles. The molecule has 0 saturated carbocycles. The van der Waals surface area contributed by atoms with Crippen LogP contribution >= 0.6 is 11.6 Å². The smallest absolute Gasteiger partial charge is 0.256 e. The molecule has 5 nitrogen and oxygen atoms in total. The van der Waals surface area contributed by atoms with Crippen LogP contribution in [0.1, 0.15) is 42.2 Å². The van der Waals surface area contributed by atoms with E-state index in [1.165, 1.54) is 6.07 Å². The zero-order valence-electron chi connectivity index (χ0n) is 15.5. The quantitative estimate of drug-likeness (QED) is 0.418. The van der Waals surface area contributed by atoms with E-state index >= 15 is 0 Å². The highest BCUT2D eigenvalue weighted by molar-refractivity contribution is 6.32. The summed E-state index contributed by atoms with van der Waals surface area (Å²) in [6.45, 7) is 0. The van der Waals surface area contributed by atoms with Crippen LogP contribution in [0, 0.1) is 0 Å². The van der Waals surface area contributed by atoms with E-state index in [2.05, 4.69) is 10.3 Å². The summed E-state index contributed by atoms with van der Waals surface area (Å²) in [5.41, 5.74) is 2.36. The summed E-state index contributed by atoms with van der Waals surface area (Å²) in [6.07, 6.45) is 0. The number of ketones is 2. The van der Waals surface area contributed by atoms with Crippen molar-refractivity contribution in [2.75, 3.05) is 5.32 Å². The Morgan fingerprint density at radius 3 is 2.27 bits per heavy atom. The summed E-state index contributed by atoms with van der Waals surface area (Å²) < 4.78 is 0. The molecule has 1 heterocycles. The first-order valence-corrected chi connectivity index (χ1v) is 9.60. The summed E-state index contributed by atoms with van der Waals surface area (Å²) in [4.78, 5) is 43.4. The highest BCUT2D eigenvalue weighted by Crippen LogP contribution is 2.32. The van der Waals surface area contributed by atoms with E-state index in [1.54, 1.807) is 60.7 Å². The number of fused-ring (bicyclic) bond motifs is 3. The second-order valence-corrected chi connectivity index (χ2v) is 7.28. The third-order valence-electron chi connectivity index (χ3n) is 5.13. The van der Waals surface area contributed by atoms with Crippen molar-refractivity contribution >= 4 is 45.7 Å². The first-order chi connectivity index (χ1) is 14.5. The lowest BCUT2D eigenvalue weighted by Gasteiger charge is -2.20. The topological polar surface area (TPSA) is 76.1 Å². The van der Waals surface area contributed by atoms with E-state index in [-0.39, 0.29) is 33.5 Å². The van der Waals surface area contributed by atoms with Gasteiger partial charge in [0.2, 0.25) is 0 Å². The molecule has 0 spiro atoms. The molecule has 1 N–H and O–H groups in total. The van der Waals surface area contributed by atoms with Gasteiger partial charge in [0.15, 0.2) is 11.6 Å². The number of carbonyl (C=O) groups is 3. The highest BCUT2D eigenvalue weighted by Gasteiger charge is 2.31. The van der Waals surface area contributed by atoms with Crippen LogP contribution in [0.2, 0.25) is 5.15 Å². The summed E-state index contributed by atoms with van der Waals surface area (Å²) in [5.74, 6) is -0.981. The minimum Gasteiger partial charge on any atom is -0.321 e. The van der Waals surface area contributed by atoms with Gasteiger partial charge in [0.05, 0.1) is 22.3 Å². The molecule has 0 unspecified atom stereocenters. The third kappa shape index (κ3) is 2.79. The lowest BCUT2D eigenvalue weighted by Crippen LogP contribution is -2.24. The largest absolute Gasteiger partial charge is 0.321 e. The molecule has 144 valence electrons. The molecule has 1 aliphatic carbocycles. The average molecular weight is 413 g/mol. The van der Waals surface area contributed by atoms with Gasteiger partial charge in [0.1, 0.15) is 5.15 Å². The van der Waals surface area contributed by atoms with Crippen molar-refractivity contribution in [3.8, 4) is 0 Å². The molecular formula is C24H13ClN2O3. The third-order valence-corrected chi connectivity index (χ3v) is 5.32. The van der Waals surface area contributed by atoms with E-state index < -0.39 is 5.91 Å². The minimum atomic E-state index is -0.442. The number of anilines is 1. The first kappa shape index (κ1) is 18.2. The van der Waals surface area contributed by atoms with Crippen LogP contribution in [-0.2, 0) is 0 Å². The SMILES string of the molecule is O=C1c2ccccc2C(=O)c2c(NC(=O)c3cc(Cl)nc4ccccc34)cccc21. The monoisotopic (exact) mass is 412 g/mol. The molecule has 6 heteroatoms. The maximum absolute atomic E-state index is 13.1. The van der Waals surface area contributed by atoms with Crippen molar-refractivity contribution in [3.05, 3.63) is 106 Å². The summed E-state index contributed by atoms with van der Waals surface area (Å²) >= 11 is 6.09. The predicted molar refractivity (Wildman–Crippen MR) is 114 cm³/mol. The van der Waals surface area contributed by atoms with Crippen LogP contribution < -0.4 is 5.32 Å². The molecule has 3 aromatic carbocycles. The Kier molecular flexibility index (Phi) is 4.19. The minimum absolute atomic E-state index is 0.189. The van der Waals surface area contributed by atoms with Gasteiger partial charge >= 0.3 is 0 Å². The number of pyridine rings is 1. The molecule has 0 fully saturated rings. The Bertz CT molecular complexity index is 1390. The van der Waals surface area contributed by atoms with Gasteiger partial charge in [-0.2, -0.15) is 0 Å². The molecule has 0 saturated heterocycles. The van der Waals surface area contributed by atoms with Crippen molar-refractivity contribution in [2.45, 2.75) is 0 Å². The van der Waals surface area contributed by atoms with Crippen LogP contribution in [0.3, 0.4) is 0 Å². The number of amides is 1. The van der Waals surface area contributed by atoms with Gasteiger partial charge in [-0.1, -0.05) is 66.2 Å². The van der Waals surface area contributed by atoms with Crippen molar-refractivity contribution in [3.63, 3.8) is 0 Å². The zero-order chi connectivity index (χ0) is 20.8. The second-order valence-electron chi connectivity index (χ2n) is 6.90. The van der Waals surface area contributed by atoms with Gasteiger partial charge in [0.25, 0.3) is 5.91 Å². The fourth-order valence-corrected chi connectivity index (χ4v) is 3.97. The zero-order valence-corrected chi connectivity index (χ0v) is 16.2. The standard InChI is InChI=1S/C24H13ClN2O3/c25-20-12-17(13-6-3-4-10-18(13)26-20)24(30)27-19-11-5-9-16-21(19)23(29)15-8-2-1-7-14(15)22(16)28/h1-12H,(H,27,30). The van der Waals surface area contributed by atoms with E-state index in [0.717, 1.165) is 0 Å². The molecule has 1 aromatic heterocycles. The number of rotatable bonds is 2. The molecular weight excluding hydrogens is 400 g/mol. The maximum atomic E-state index is 13.1. The van der Waals surface area contributed by atoms with Crippen LogP contribution in [0.25, 0.3) is 10.9 Å². The highest BCUT2D eigenvalue weighted by atomic mass is 35.5. The van der Waals surface area contributed by atoms with Gasteiger partial charge in [-0.15, -0.1) is 0 Å². The van der Waals surface area contributed by atoms with Crippen molar-refractivity contribution < 1.29 is 14.4 Å². The molecule has 30 heavy (non-hydrogen) atoms. The molecule has 0 bridgehead atoms. The van der Waals surface area contributed by atoms with Crippen molar-refractivity contribution in [1.29, 1.82) is 0 Å². The maximum Gasteiger partial charge on any atom is 0.256 e. The molecule has 4 aromatic rings. The van der Waals surface area contributed by atoms with Gasteiger partial charge in [-0.3, -0.25) is 14.4 Å². The number of para-hydroxylation sites is 1. The van der Waals surface area contributed by atoms with Gasteiger partial charge in [0, 0.05) is 22.1 Å². The summed E-state index contributed by atoms with van der Waals surface area (Å²) in [6, 6.07) is 20.2. The van der Waals surface area contributed by atoms with Crippen molar-refractivity contribution in [1.82, 2.24) is 4.98 Å². The summed E-state index contributed by atoms with van der Waals surface area (Å²) in [5, 5.41) is 3.61. The normalized spacial score (nSPS) is 12.4. The molecule has 5 rings (SSSR count). The predicted octanol–water partition coefficient (Wildman–Crippen LogP) is 4.92. The fraction of sp³-hybridized carbons (Fsp3) is 0. The van der Waals surface area contributed by atoms with E-state index in [4.69, 9.17) is 11.6 Å². The van der Waals surface area contributed by atoms with E-state index in [9.17, 15) is 14.4 Å². The summed E-state index contributed by atoms with van der Waals surface area (Å²) in [7, 11) is 0. The number of hydrogen-bond donors (Lipinski definition) is 1. The van der Waals surface area contributed by atoms with Crippen molar-refractivity contribution in [2.24, 2.45) is 0 Å². The second kappa shape index (κ2) is 6.90. The number of carbonyl (C=O) groups excluding carboxylic acids is 3. The van der Waals surface area contributed by atoms with Gasteiger partial charge < -0.3 is 5.32 Å². The van der Waals surface area contributed by atoms with Crippen LogP contribution in [0.15, 0.2) is 72.8 Å². The number of aromatic nitrogens is 1. The van der Waals surface area contributed by atoms with E-state index in [0.29, 0.717) is 27.6 Å². The Hall–Kier alpha value is -3.83. The number of nitrogens with one attached hydrogen (secondary N) is 1. The van der Waals surface area contributed by atoms with Crippen LogP contribution in [0.4, 0.5) is 5.69 Å². The molecule has 0 radical (unpaired) electrons. The number of nitrogens with zero attached hydrogens (tertiary/aromatic N) is 1. The molecule has 1 amide bonds. The lowest BCUT2D eigenvalue weighted by atomic mass is 9.83. The van der Waals surface area contributed by atoms with Gasteiger partial charge in [-0.05, 0) is 18.2 Å². The fourth-order valence-electron chi connectivity index (χ4n) is 3.77. The average Bonchev–Trinajstić information content (AvgIpc) is 2.76. The van der Waals surface area contributed by atoms with E-state index in [1.807, 2.05) is 6.07 Å². The Balaban J connectivity index is 1.61. The number of halogens is 1. The first-order valence-electron chi connectivity index (χ1n) is 9.22. The van der Waals surface area contributed by atoms with Crippen LogP contribution in [0.5, 0.6) is 0 Å². The lowest BCUT2D eigenvalue weighted by molar-refractivity contribution is 0.0978. The van der Waals surface area contributed by atoms with Gasteiger partial charge in [-0.25, -0.2) is 4.98 Å². The Morgan fingerprint density at radius 1 is 0.800 bits per heavy atom. The molecule has 1 aliphatic rings.